The average molecular weight is 501 g/mol. The number of imidazole rings is 1. The molecule has 2 aromatic carbocycles. The van der Waals surface area contributed by atoms with Gasteiger partial charge in [0.05, 0.1) is 34.8 Å². The number of β-amino-alcohol motifs (C(OH)–C–C–N with tert-alkyl or cyclic N) is 1. The van der Waals surface area contributed by atoms with E-state index < -0.39 is 11.4 Å². The van der Waals surface area contributed by atoms with Gasteiger partial charge in [0, 0.05) is 31.8 Å². The van der Waals surface area contributed by atoms with Gasteiger partial charge in [-0.25, -0.2) is 29.3 Å². The van der Waals surface area contributed by atoms with Crippen molar-refractivity contribution in [1.29, 1.82) is 0 Å². The number of rotatable bonds is 5. The van der Waals surface area contributed by atoms with Gasteiger partial charge >= 0.3 is 0 Å². The van der Waals surface area contributed by atoms with E-state index in [4.69, 9.17) is 4.74 Å². The number of nitrogens with one attached hydrogen (secondary N) is 1. The number of anilines is 3. The molecule has 0 radical (unpaired) electrons. The van der Waals surface area contributed by atoms with Crippen LogP contribution >= 0.6 is 0 Å². The number of aromatic nitrogens is 6. The van der Waals surface area contributed by atoms with Gasteiger partial charge in [0.1, 0.15) is 28.9 Å². The van der Waals surface area contributed by atoms with Crippen LogP contribution in [0.4, 0.5) is 21.8 Å². The molecular weight excluding hydrogens is 475 g/mol. The number of aryl methyl sites for hydroxylation is 1. The summed E-state index contributed by atoms with van der Waals surface area (Å²) in [6.45, 7) is 4.52. The molecule has 6 rings (SSSR count). The number of hydrogen-bond donors (Lipinski definition) is 2. The fourth-order valence-corrected chi connectivity index (χ4v) is 4.51. The predicted octanol–water partition coefficient (Wildman–Crippen LogP) is 4.25. The Kier molecular flexibility index (Phi) is 5.37. The van der Waals surface area contributed by atoms with Crippen LogP contribution in [0, 0.1) is 12.7 Å². The fourth-order valence-electron chi connectivity index (χ4n) is 4.51. The second kappa shape index (κ2) is 8.63. The normalized spacial score (nSPS) is 17.6. The monoisotopic (exact) mass is 500 g/mol. The first-order valence-electron chi connectivity index (χ1n) is 11.9. The van der Waals surface area contributed by atoms with Gasteiger partial charge in [-0.3, -0.25) is 0 Å². The van der Waals surface area contributed by atoms with Gasteiger partial charge in [0.15, 0.2) is 11.6 Å². The number of halogens is 1. The highest BCUT2D eigenvalue weighted by molar-refractivity contribution is 5.87. The highest BCUT2D eigenvalue weighted by atomic mass is 19.1. The molecular formula is C26H25FN8O2. The summed E-state index contributed by atoms with van der Waals surface area (Å²) in [5, 5.41) is 13.4. The Morgan fingerprint density at radius 1 is 1.11 bits per heavy atom. The van der Waals surface area contributed by atoms with Crippen molar-refractivity contribution < 1.29 is 14.2 Å². The van der Waals surface area contributed by atoms with E-state index in [1.807, 2.05) is 34.7 Å². The zero-order valence-electron chi connectivity index (χ0n) is 20.6. The van der Waals surface area contributed by atoms with E-state index in [9.17, 15) is 5.11 Å². The number of ether oxygens (including phenoxy) is 1. The highest BCUT2D eigenvalue weighted by Gasteiger charge is 2.32. The topological polar surface area (TPSA) is 114 Å². The molecule has 1 aliphatic heterocycles. The summed E-state index contributed by atoms with van der Waals surface area (Å²) in [6, 6.07) is 8.88. The molecule has 188 valence electrons. The summed E-state index contributed by atoms with van der Waals surface area (Å²) >= 11 is 0. The van der Waals surface area contributed by atoms with Crippen molar-refractivity contribution in [3.05, 3.63) is 60.6 Å². The third-order valence-electron chi connectivity index (χ3n) is 6.61. The molecule has 0 unspecified atom stereocenters. The first-order valence-corrected chi connectivity index (χ1v) is 11.9. The van der Waals surface area contributed by atoms with E-state index in [-0.39, 0.29) is 5.69 Å². The summed E-state index contributed by atoms with van der Waals surface area (Å²) in [5.41, 5.74) is 2.54. The SMILES string of the molecule is Cc1c(Oc2ccc3c(c2)ncn3C)ccc(Nc2ncnc3cnc(N4CC[C@](C)(O)C4)nc23)c1F. The highest BCUT2D eigenvalue weighted by Crippen LogP contribution is 2.34. The van der Waals surface area contributed by atoms with E-state index in [2.05, 4.69) is 30.2 Å². The molecule has 1 atom stereocenters. The molecule has 1 fully saturated rings. The Morgan fingerprint density at radius 2 is 1.97 bits per heavy atom. The quantitative estimate of drug-likeness (QED) is 0.365. The maximum absolute atomic E-state index is 15.4. The van der Waals surface area contributed by atoms with Crippen LogP contribution in [-0.2, 0) is 7.05 Å². The van der Waals surface area contributed by atoms with Crippen LogP contribution in [0.1, 0.15) is 18.9 Å². The summed E-state index contributed by atoms with van der Waals surface area (Å²) < 4.78 is 23.4. The summed E-state index contributed by atoms with van der Waals surface area (Å²) in [7, 11) is 1.92. The predicted molar refractivity (Wildman–Crippen MR) is 138 cm³/mol. The number of aliphatic hydroxyl groups is 1. The van der Waals surface area contributed by atoms with E-state index in [1.165, 1.54) is 6.33 Å². The minimum Gasteiger partial charge on any atom is -0.457 e. The lowest BCUT2D eigenvalue weighted by atomic mass is 10.1. The Labute approximate surface area is 211 Å². The largest absolute Gasteiger partial charge is 0.457 e. The van der Waals surface area contributed by atoms with Crippen molar-refractivity contribution in [3.8, 4) is 11.5 Å². The molecule has 1 saturated heterocycles. The van der Waals surface area contributed by atoms with Gasteiger partial charge in [0.2, 0.25) is 5.95 Å². The Balaban J connectivity index is 1.28. The lowest BCUT2D eigenvalue weighted by Crippen LogP contribution is -2.30. The van der Waals surface area contributed by atoms with Gasteiger partial charge in [-0.2, -0.15) is 0 Å². The van der Waals surface area contributed by atoms with Crippen molar-refractivity contribution in [1.82, 2.24) is 29.5 Å². The molecule has 37 heavy (non-hydrogen) atoms. The summed E-state index contributed by atoms with van der Waals surface area (Å²) in [6.07, 6.45) is 5.34. The van der Waals surface area contributed by atoms with Gasteiger partial charge in [-0.15, -0.1) is 0 Å². The van der Waals surface area contributed by atoms with Gasteiger partial charge in [-0.05, 0) is 44.5 Å². The van der Waals surface area contributed by atoms with Crippen LogP contribution in [0.15, 0.2) is 49.2 Å². The number of nitrogens with zero attached hydrogens (tertiary/aromatic N) is 7. The number of fused-ring (bicyclic) bond motifs is 2. The van der Waals surface area contributed by atoms with Crippen molar-refractivity contribution >= 4 is 39.5 Å². The molecule has 0 bridgehead atoms. The third kappa shape index (κ3) is 4.27. The van der Waals surface area contributed by atoms with Crippen LogP contribution in [-0.4, -0.2) is 53.3 Å². The number of benzene rings is 2. The molecule has 5 aromatic rings. The van der Waals surface area contributed by atoms with Crippen LogP contribution in [0.2, 0.25) is 0 Å². The van der Waals surface area contributed by atoms with Gasteiger partial charge < -0.3 is 24.6 Å². The minimum atomic E-state index is -0.791. The molecule has 11 heteroatoms. The lowest BCUT2D eigenvalue weighted by molar-refractivity contribution is 0.0838. The molecule has 10 nitrogen and oxygen atoms in total. The van der Waals surface area contributed by atoms with Gasteiger partial charge in [0.25, 0.3) is 0 Å². The second-order valence-corrected chi connectivity index (χ2v) is 9.58. The van der Waals surface area contributed by atoms with E-state index in [0.29, 0.717) is 59.4 Å². The van der Waals surface area contributed by atoms with Crippen molar-refractivity contribution in [3.63, 3.8) is 0 Å². The second-order valence-electron chi connectivity index (χ2n) is 9.58. The molecule has 3 aromatic heterocycles. The lowest BCUT2D eigenvalue weighted by Gasteiger charge is -2.19. The van der Waals surface area contributed by atoms with E-state index in [1.54, 1.807) is 38.5 Å². The molecule has 4 heterocycles. The third-order valence-corrected chi connectivity index (χ3v) is 6.61. The molecule has 0 saturated carbocycles. The molecule has 0 spiro atoms. The van der Waals surface area contributed by atoms with E-state index in [0.717, 1.165) is 11.0 Å². The summed E-state index contributed by atoms with van der Waals surface area (Å²) in [4.78, 5) is 23.8. The summed E-state index contributed by atoms with van der Waals surface area (Å²) in [5.74, 6) is 1.33. The van der Waals surface area contributed by atoms with Crippen LogP contribution in [0.5, 0.6) is 11.5 Å². The molecule has 2 N–H and O–H groups in total. The van der Waals surface area contributed by atoms with E-state index >= 15 is 4.39 Å². The first kappa shape index (κ1) is 23.0. The maximum atomic E-state index is 15.4. The van der Waals surface area contributed by atoms with Crippen molar-refractivity contribution in [2.45, 2.75) is 25.9 Å². The van der Waals surface area contributed by atoms with Gasteiger partial charge in [-0.1, -0.05) is 0 Å². The van der Waals surface area contributed by atoms with Crippen LogP contribution < -0.4 is 15.0 Å². The average Bonchev–Trinajstić information content (AvgIpc) is 3.45. The molecule has 0 amide bonds. The smallest absolute Gasteiger partial charge is 0.226 e. The maximum Gasteiger partial charge on any atom is 0.226 e. The Bertz CT molecular complexity index is 1650. The van der Waals surface area contributed by atoms with Crippen molar-refractivity contribution in [2.24, 2.45) is 7.05 Å². The Morgan fingerprint density at radius 3 is 2.78 bits per heavy atom. The fraction of sp³-hybridized carbons (Fsp3) is 0.269. The zero-order valence-corrected chi connectivity index (χ0v) is 20.6. The number of hydrogen-bond acceptors (Lipinski definition) is 9. The minimum absolute atomic E-state index is 0.231. The van der Waals surface area contributed by atoms with Crippen LogP contribution in [0.3, 0.4) is 0 Å². The van der Waals surface area contributed by atoms with Crippen LogP contribution in [0.25, 0.3) is 22.1 Å². The molecule has 1 aliphatic rings. The molecule has 0 aliphatic carbocycles. The standard InChI is InChI=1S/C26H25FN8O2/c1-15-21(37-16-4-6-20-18(10-16)31-14-34(20)3)7-5-17(22(15)27)32-24-23-19(29-13-30-24)11-28-25(33-23)35-9-8-26(2,36)12-35/h4-7,10-11,13-14,36H,8-9,12H2,1-3H3,(H,29,30,32)/t26-/m0/s1. The van der Waals surface area contributed by atoms with Crippen molar-refractivity contribution in [2.75, 3.05) is 23.3 Å². The Hall–Kier alpha value is -4.38. The first-order chi connectivity index (χ1) is 17.8. The zero-order chi connectivity index (χ0) is 25.7.